The first-order valence-corrected chi connectivity index (χ1v) is 6.44. The Labute approximate surface area is 112 Å². The Kier molecular flexibility index (Phi) is 2.95. The number of carboxylic acids is 1. The molecule has 0 bridgehead atoms. The van der Waals surface area contributed by atoms with E-state index in [1.54, 1.807) is 12.1 Å². The van der Waals surface area contributed by atoms with E-state index in [4.69, 9.17) is 5.11 Å². The average molecular weight is 253 g/mol. The van der Waals surface area contributed by atoms with Crippen molar-refractivity contribution in [2.24, 2.45) is 0 Å². The van der Waals surface area contributed by atoms with Crippen molar-refractivity contribution in [2.75, 3.05) is 11.4 Å². The zero-order chi connectivity index (χ0) is 13.2. The van der Waals surface area contributed by atoms with Crippen molar-refractivity contribution >= 4 is 17.3 Å². The van der Waals surface area contributed by atoms with Gasteiger partial charge in [0.1, 0.15) is 0 Å². The summed E-state index contributed by atoms with van der Waals surface area (Å²) in [6.45, 7) is 0.976. The summed E-state index contributed by atoms with van der Waals surface area (Å²) in [6.07, 6.45) is 1.99. The summed E-state index contributed by atoms with van der Waals surface area (Å²) in [6, 6.07) is 15.6. The largest absolute Gasteiger partial charge is 0.478 e. The molecule has 0 fully saturated rings. The maximum Gasteiger partial charge on any atom is 0.335 e. The highest BCUT2D eigenvalue weighted by atomic mass is 16.4. The second-order valence-electron chi connectivity index (χ2n) is 4.74. The first-order chi connectivity index (χ1) is 9.25. The number of carboxylic acid groups (broad SMARTS) is 1. The van der Waals surface area contributed by atoms with E-state index in [1.807, 2.05) is 24.3 Å². The van der Waals surface area contributed by atoms with E-state index in [2.05, 4.69) is 17.0 Å². The van der Waals surface area contributed by atoms with Gasteiger partial charge in [0, 0.05) is 17.9 Å². The van der Waals surface area contributed by atoms with Crippen LogP contribution in [0.15, 0.2) is 48.5 Å². The van der Waals surface area contributed by atoms with Crippen LogP contribution in [-0.4, -0.2) is 17.6 Å². The number of nitrogens with zero attached hydrogens (tertiary/aromatic N) is 1. The monoisotopic (exact) mass is 253 g/mol. The van der Waals surface area contributed by atoms with Gasteiger partial charge >= 0.3 is 5.97 Å². The number of carbonyl (C=O) groups is 1. The van der Waals surface area contributed by atoms with Gasteiger partial charge in [-0.1, -0.05) is 18.2 Å². The first kappa shape index (κ1) is 11.8. The molecule has 2 aromatic rings. The number of para-hydroxylation sites is 1. The fourth-order valence-corrected chi connectivity index (χ4v) is 2.61. The molecule has 3 heteroatoms. The van der Waals surface area contributed by atoms with Crippen LogP contribution in [0.4, 0.5) is 11.4 Å². The lowest BCUT2D eigenvalue weighted by Crippen LogP contribution is -2.24. The minimum atomic E-state index is -0.861. The van der Waals surface area contributed by atoms with Crippen LogP contribution in [0.25, 0.3) is 0 Å². The summed E-state index contributed by atoms with van der Waals surface area (Å²) < 4.78 is 0. The molecule has 0 aliphatic carbocycles. The highest BCUT2D eigenvalue weighted by molar-refractivity contribution is 5.89. The van der Waals surface area contributed by atoms with Gasteiger partial charge in [-0.15, -0.1) is 0 Å². The predicted octanol–water partition coefficient (Wildman–Crippen LogP) is 3.47. The van der Waals surface area contributed by atoms with E-state index in [9.17, 15) is 4.79 Å². The summed E-state index contributed by atoms with van der Waals surface area (Å²) in [5.41, 5.74) is 3.78. The lowest BCUT2D eigenvalue weighted by molar-refractivity contribution is 0.0697. The molecule has 0 saturated heterocycles. The molecule has 19 heavy (non-hydrogen) atoms. The molecule has 0 atom stereocenters. The molecule has 0 amide bonds. The minimum absolute atomic E-state index is 0.369. The zero-order valence-electron chi connectivity index (χ0n) is 10.5. The Morgan fingerprint density at radius 1 is 1.11 bits per heavy atom. The fourth-order valence-electron chi connectivity index (χ4n) is 2.61. The Morgan fingerprint density at radius 3 is 2.63 bits per heavy atom. The Morgan fingerprint density at radius 2 is 1.89 bits per heavy atom. The summed E-state index contributed by atoms with van der Waals surface area (Å²) in [5.74, 6) is -0.861. The first-order valence-electron chi connectivity index (χ1n) is 6.44. The van der Waals surface area contributed by atoms with Crippen LogP contribution in [0.3, 0.4) is 0 Å². The SMILES string of the molecule is O=C(O)c1ccc2c(c1)CCCN2c1ccccc1. The second kappa shape index (κ2) is 4.76. The average Bonchev–Trinajstić information content (AvgIpc) is 2.47. The van der Waals surface area contributed by atoms with Gasteiger partial charge in [0.2, 0.25) is 0 Å². The standard InChI is InChI=1S/C16H15NO2/c18-16(19)13-8-9-15-12(11-13)5-4-10-17(15)14-6-2-1-3-7-14/h1-3,6-9,11H,4-5,10H2,(H,18,19). The lowest BCUT2D eigenvalue weighted by atomic mass is 9.98. The molecule has 1 aliphatic heterocycles. The van der Waals surface area contributed by atoms with E-state index < -0.39 is 5.97 Å². The van der Waals surface area contributed by atoms with Gasteiger partial charge in [0.15, 0.2) is 0 Å². The lowest BCUT2D eigenvalue weighted by Gasteiger charge is -2.31. The smallest absolute Gasteiger partial charge is 0.335 e. The van der Waals surface area contributed by atoms with Crippen molar-refractivity contribution in [3.8, 4) is 0 Å². The van der Waals surface area contributed by atoms with E-state index in [0.717, 1.165) is 36.3 Å². The summed E-state index contributed by atoms with van der Waals surface area (Å²) >= 11 is 0. The Bertz CT molecular complexity index is 607. The molecule has 0 radical (unpaired) electrons. The number of aromatic carboxylic acids is 1. The van der Waals surface area contributed by atoms with Gasteiger partial charge in [0.05, 0.1) is 5.56 Å². The molecule has 1 N–H and O–H groups in total. The van der Waals surface area contributed by atoms with E-state index in [-0.39, 0.29) is 0 Å². The highest BCUT2D eigenvalue weighted by Crippen LogP contribution is 2.33. The van der Waals surface area contributed by atoms with Crippen LogP contribution >= 0.6 is 0 Å². The van der Waals surface area contributed by atoms with Crippen LogP contribution < -0.4 is 4.90 Å². The fraction of sp³-hybridized carbons (Fsp3) is 0.188. The number of hydrogen-bond acceptors (Lipinski definition) is 2. The van der Waals surface area contributed by atoms with Gasteiger partial charge in [-0.3, -0.25) is 0 Å². The Balaban J connectivity index is 2.03. The van der Waals surface area contributed by atoms with Gasteiger partial charge in [-0.25, -0.2) is 4.79 Å². The number of fused-ring (bicyclic) bond motifs is 1. The molecule has 1 aliphatic rings. The highest BCUT2D eigenvalue weighted by Gasteiger charge is 2.19. The van der Waals surface area contributed by atoms with Crippen molar-refractivity contribution in [1.82, 2.24) is 0 Å². The summed E-state index contributed by atoms with van der Waals surface area (Å²) in [7, 11) is 0. The van der Waals surface area contributed by atoms with E-state index in [1.165, 1.54) is 0 Å². The van der Waals surface area contributed by atoms with Gasteiger partial charge in [-0.2, -0.15) is 0 Å². The third-order valence-corrected chi connectivity index (χ3v) is 3.51. The molecule has 3 nitrogen and oxygen atoms in total. The zero-order valence-corrected chi connectivity index (χ0v) is 10.5. The molecular weight excluding hydrogens is 238 g/mol. The maximum atomic E-state index is 11.0. The molecule has 1 heterocycles. The molecule has 0 aromatic heterocycles. The van der Waals surface area contributed by atoms with Crippen LogP contribution in [-0.2, 0) is 6.42 Å². The van der Waals surface area contributed by atoms with Crippen molar-refractivity contribution in [1.29, 1.82) is 0 Å². The summed E-state index contributed by atoms with van der Waals surface area (Å²) in [5, 5.41) is 9.06. The van der Waals surface area contributed by atoms with Crippen LogP contribution in [0, 0.1) is 0 Å². The Hall–Kier alpha value is -2.29. The van der Waals surface area contributed by atoms with Crippen molar-refractivity contribution < 1.29 is 9.90 Å². The van der Waals surface area contributed by atoms with Crippen LogP contribution in [0.1, 0.15) is 22.3 Å². The van der Waals surface area contributed by atoms with Crippen molar-refractivity contribution in [3.05, 3.63) is 59.7 Å². The van der Waals surface area contributed by atoms with Crippen LogP contribution in [0.5, 0.6) is 0 Å². The molecular formula is C16H15NO2. The number of aryl methyl sites for hydroxylation is 1. The van der Waals surface area contributed by atoms with Gasteiger partial charge < -0.3 is 10.0 Å². The molecule has 2 aromatic carbocycles. The number of hydrogen-bond donors (Lipinski definition) is 1. The van der Waals surface area contributed by atoms with Crippen LogP contribution in [0.2, 0.25) is 0 Å². The molecule has 0 saturated carbocycles. The third-order valence-electron chi connectivity index (χ3n) is 3.51. The number of benzene rings is 2. The number of anilines is 2. The van der Waals surface area contributed by atoms with E-state index >= 15 is 0 Å². The topological polar surface area (TPSA) is 40.5 Å². The maximum absolute atomic E-state index is 11.0. The van der Waals surface area contributed by atoms with Crippen molar-refractivity contribution in [3.63, 3.8) is 0 Å². The normalized spacial score (nSPS) is 14.0. The molecule has 3 rings (SSSR count). The quantitative estimate of drug-likeness (QED) is 0.890. The van der Waals surface area contributed by atoms with E-state index in [0.29, 0.717) is 5.56 Å². The summed E-state index contributed by atoms with van der Waals surface area (Å²) in [4.78, 5) is 13.3. The molecule has 96 valence electrons. The van der Waals surface area contributed by atoms with Gasteiger partial charge in [-0.05, 0) is 48.7 Å². The van der Waals surface area contributed by atoms with Gasteiger partial charge in [0.25, 0.3) is 0 Å². The van der Waals surface area contributed by atoms with Crippen molar-refractivity contribution in [2.45, 2.75) is 12.8 Å². The second-order valence-corrected chi connectivity index (χ2v) is 4.74. The molecule has 0 unspecified atom stereocenters. The third kappa shape index (κ3) is 2.19. The minimum Gasteiger partial charge on any atom is -0.478 e. The molecule has 0 spiro atoms. The predicted molar refractivity (Wildman–Crippen MR) is 75.2 cm³/mol. The number of rotatable bonds is 2.